The van der Waals surface area contributed by atoms with Crippen LogP contribution in [0.2, 0.25) is 0 Å². The maximum Gasteiger partial charge on any atom is 0.331 e. The second kappa shape index (κ2) is 6.48. The molecule has 1 aliphatic carbocycles. The first-order valence-corrected chi connectivity index (χ1v) is 7.13. The zero-order chi connectivity index (χ0) is 16.2. The Morgan fingerprint density at radius 3 is 2.45 bits per heavy atom. The van der Waals surface area contributed by atoms with Crippen molar-refractivity contribution in [3.63, 3.8) is 0 Å². The minimum Gasteiger partial charge on any atom is -0.478 e. The highest BCUT2D eigenvalue weighted by molar-refractivity contribution is 5.92. The van der Waals surface area contributed by atoms with E-state index in [9.17, 15) is 9.59 Å². The van der Waals surface area contributed by atoms with Gasteiger partial charge < -0.3 is 9.84 Å². The van der Waals surface area contributed by atoms with Crippen LogP contribution in [0, 0.1) is 18.8 Å². The van der Waals surface area contributed by atoms with Gasteiger partial charge in [-0.25, -0.2) is 4.79 Å². The SMILES string of the molecule is C=C(CC(=O)OC1(C#Cc2ccc(C)cc2)CCC1)C(=O)O. The lowest BCUT2D eigenvalue weighted by Crippen LogP contribution is -2.40. The summed E-state index contributed by atoms with van der Waals surface area (Å²) in [4.78, 5) is 22.5. The van der Waals surface area contributed by atoms with Crippen LogP contribution in [-0.4, -0.2) is 22.6 Å². The molecule has 114 valence electrons. The van der Waals surface area contributed by atoms with E-state index in [-0.39, 0.29) is 12.0 Å². The lowest BCUT2D eigenvalue weighted by molar-refractivity contribution is -0.160. The highest BCUT2D eigenvalue weighted by Gasteiger charge is 2.39. The Morgan fingerprint density at radius 2 is 1.95 bits per heavy atom. The standard InChI is InChI=1S/C18H18O4/c1-13-4-6-15(7-5-13)8-11-18(9-3-10-18)22-16(19)12-14(2)17(20)21/h4-7H,2-3,9-10,12H2,1H3,(H,20,21). The number of carboxylic acid groups (broad SMARTS) is 1. The van der Waals surface area contributed by atoms with E-state index in [0.717, 1.165) is 17.5 Å². The quantitative estimate of drug-likeness (QED) is 0.527. The van der Waals surface area contributed by atoms with E-state index >= 15 is 0 Å². The fraction of sp³-hybridized carbons (Fsp3) is 0.333. The largest absolute Gasteiger partial charge is 0.478 e. The summed E-state index contributed by atoms with van der Waals surface area (Å²) in [5.74, 6) is 4.28. The summed E-state index contributed by atoms with van der Waals surface area (Å²) < 4.78 is 5.40. The van der Waals surface area contributed by atoms with Crippen LogP contribution in [0.25, 0.3) is 0 Å². The van der Waals surface area contributed by atoms with Crippen molar-refractivity contribution < 1.29 is 19.4 Å². The van der Waals surface area contributed by atoms with E-state index in [0.29, 0.717) is 12.8 Å². The lowest BCUT2D eigenvalue weighted by Gasteiger charge is -2.36. The first kappa shape index (κ1) is 15.8. The zero-order valence-corrected chi connectivity index (χ0v) is 12.5. The van der Waals surface area contributed by atoms with Crippen LogP contribution in [-0.2, 0) is 14.3 Å². The van der Waals surface area contributed by atoms with Crippen LogP contribution in [0.15, 0.2) is 36.4 Å². The average Bonchev–Trinajstić information content (AvgIpc) is 2.43. The summed E-state index contributed by atoms with van der Waals surface area (Å²) in [6.45, 7) is 5.34. The monoisotopic (exact) mass is 298 g/mol. The second-order valence-corrected chi connectivity index (χ2v) is 5.52. The maximum atomic E-state index is 11.8. The number of hydrogen-bond donors (Lipinski definition) is 1. The Morgan fingerprint density at radius 1 is 1.32 bits per heavy atom. The van der Waals surface area contributed by atoms with Crippen molar-refractivity contribution in [2.75, 3.05) is 0 Å². The molecule has 1 aromatic rings. The predicted molar refractivity (Wildman–Crippen MR) is 82.1 cm³/mol. The number of rotatable bonds is 4. The van der Waals surface area contributed by atoms with E-state index in [1.165, 1.54) is 0 Å². The molecule has 1 aromatic carbocycles. The number of carbonyl (C=O) groups excluding carboxylic acids is 1. The van der Waals surface area contributed by atoms with Gasteiger partial charge in [0.1, 0.15) is 0 Å². The number of carboxylic acids is 1. The van der Waals surface area contributed by atoms with Gasteiger partial charge in [-0.3, -0.25) is 4.79 Å². The van der Waals surface area contributed by atoms with Gasteiger partial charge in [0.25, 0.3) is 0 Å². The van der Waals surface area contributed by atoms with Gasteiger partial charge in [-0.05, 0) is 44.2 Å². The molecule has 1 aliphatic rings. The molecule has 4 heteroatoms. The normalized spacial score (nSPS) is 15.0. The Balaban J connectivity index is 2.04. The molecule has 0 radical (unpaired) electrons. The number of benzene rings is 1. The summed E-state index contributed by atoms with van der Waals surface area (Å²) in [6.07, 6.45) is 1.98. The summed E-state index contributed by atoms with van der Waals surface area (Å²) in [5, 5.41) is 8.74. The van der Waals surface area contributed by atoms with Crippen molar-refractivity contribution in [2.24, 2.45) is 0 Å². The van der Waals surface area contributed by atoms with Crippen LogP contribution >= 0.6 is 0 Å². The summed E-state index contributed by atoms with van der Waals surface area (Å²) in [6, 6.07) is 7.78. The van der Waals surface area contributed by atoms with E-state index < -0.39 is 17.5 Å². The predicted octanol–water partition coefficient (Wildman–Crippen LogP) is 2.84. The first-order valence-electron chi connectivity index (χ1n) is 7.13. The smallest absolute Gasteiger partial charge is 0.331 e. The molecule has 0 aliphatic heterocycles. The molecule has 0 spiro atoms. The van der Waals surface area contributed by atoms with E-state index in [2.05, 4.69) is 18.4 Å². The van der Waals surface area contributed by atoms with Crippen molar-refractivity contribution in [1.82, 2.24) is 0 Å². The van der Waals surface area contributed by atoms with Crippen molar-refractivity contribution in [3.05, 3.63) is 47.5 Å². The average molecular weight is 298 g/mol. The molecule has 0 heterocycles. The van der Waals surface area contributed by atoms with Crippen molar-refractivity contribution >= 4 is 11.9 Å². The first-order chi connectivity index (χ1) is 10.4. The zero-order valence-electron chi connectivity index (χ0n) is 12.5. The van der Waals surface area contributed by atoms with Crippen LogP contribution in [0.3, 0.4) is 0 Å². The van der Waals surface area contributed by atoms with Crippen LogP contribution in [0.5, 0.6) is 0 Å². The third kappa shape index (κ3) is 3.98. The molecule has 0 amide bonds. The van der Waals surface area contributed by atoms with Crippen molar-refractivity contribution in [3.8, 4) is 11.8 Å². The van der Waals surface area contributed by atoms with Gasteiger partial charge in [0.05, 0.1) is 6.42 Å². The molecule has 4 nitrogen and oxygen atoms in total. The minimum atomic E-state index is -1.19. The Hall–Kier alpha value is -2.54. The molecule has 1 saturated carbocycles. The Labute approximate surface area is 129 Å². The highest BCUT2D eigenvalue weighted by atomic mass is 16.6. The third-order valence-corrected chi connectivity index (χ3v) is 3.62. The van der Waals surface area contributed by atoms with Gasteiger partial charge in [-0.1, -0.05) is 30.2 Å². The number of carbonyl (C=O) groups is 2. The number of aliphatic carboxylic acids is 1. The van der Waals surface area contributed by atoms with Gasteiger partial charge >= 0.3 is 11.9 Å². The molecular weight excluding hydrogens is 280 g/mol. The van der Waals surface area contributed by atoms with Gasteiger partial charge in [-0.15, -0.1) is 0 Å². The van der Waals surface area contributed by atoms with E-state index in [1.54, 1.807) is 0 Å². The Kier molecular flexibility index (Phi) is 4.67. The number of aryl methyl sites for hydroxylation is 1. The second-order valence-electron chi connectivity index (χ2n) is 5.52. The fourth-order valence-corrected chi connectivity index (χ4v) is 2.08. The maximum absolute atomic E-state index is 11.8. The molecule has 0 aromatic heterocycles. The van der Waals surface area contributed by atoms with Gasteiger partial charge in [0.15, 0.2) is 5.60 Å². The molecule has 0 unspecified atom stereocenters. The topological polar surface area (TPSA) is 63.6 Å². The molecule has 0 saturated heterocycles. The van der Waals surface area contributed by atoms with Gasteiger partial charge in [0.2, 0.25) is 0 Å². The number of hydrogen-bond acceptors (Lipinski definition) is 3. The molecule has 0 atom stereocenters. The van der Waals surface area contributed by atoms with Gasteiger partial charge in [0, 0.05) is 11.1 Å². The van der Waals surface area contributed by atoms with Gasteiger partial charge in [-0.2, -0.15) is 0 Å². The molecule has 22 heavy (non-hydrogen) atoms. The number of esters is 1. The van der Waals surface area contributed by atoms with E-state index in [1.807, 2.05) is 31.2 Å². The molecular formula is C18H18O4. The molecule has 0 bridgehead atoms. The third-order valence-electron chi connectivity index (χ3n) is 3.62. The molecule has 1 fully saturated rings. The summed E-state index contributed by atoms with van der Waals surface area (Å²) in [5.41, 5.74) is 1.07. The fourth-order valence-electron chi connectivity index (χ4n) is 2.08. The van der Waals surface area contributed by atoms with E-state index in [4.69, 9.17) is 9.84 Å². The lowest BCUT2D eigenvalue weighted by atomic mass is 9.80. The van der Waals surface area contributed by atoms with Crippen LogP contribution in [0.1, 0.15) is 36.8 Å². The summed E-state index contributed by atoms with van der Waals surface area (Å²) >= 11 is 0. The van der Waals surface area contributed by atoms with Crippen molar-refractivity contribution in [2.45, 2.75) is 38.2 Å². The number of ether oxygens (including phenoxy) is 1. The highest BCUT2D eigenvalue weighted by Crippen LogP contribution is 2.35. The van der Waals surface area contributed by atoms with Crippen molar-refractivity contribution in [1.29, 1.82) is 0 Å². The molecule has 1 N–H and O–H groups in total. The van der Waals surface area contributed by atoms with Crippen LogP contribution in [0.4, 0.5) is 0 Å². The molecule has 2 rings (SSSR count). The minimum absolute atomic E-state index is 0.175. The van der Waals surface area contributed by atoms with Crippen LogP contribution < -0.4 is 0 Å². The summed E-state index contributed by atoms with van der Waals surface area (Å²) in [7, 11) is 0. The Bertz CT molecular complexity index is 655.